The molecule has 1 aromatic carbocycles. The van der Waals surface area contributed by atoms with Gasteiger partial charge in [0.1, 0.15) is 0 Å². The number of amides is 1. The first-order chi connectivity index (χ1) is 15.2. The van der Waals surface area contributed by atoms with Gasteiger partial charge in [0.25, 0.3) is 5.91 Å². The molecule has 168 valence electrons. The van der Waals surface area contributed by atoms with Gasteiger partial charge in [-0.15, -0.1) is 5.10 Å². The number of anilines is 1. The number of benzene rings is 1. The number of likely N-dealkylation sites (N-methyl/N-ethyl adjacent to an activating group) is 1. The number of aryl methyl sites for hydroxylation is 3. The average molecular weight is 438 g/mol. The van der Waals surface area contributed by atoms with Gasteiger partial charge < -0.3 is 19.4 Å². The van der Waals surface area contributed by atoms with Crippen LogP contribution in [0.3, 0.4) is 0 Å². The highest BCUT2D eigenvalue weighted by atomic mass is 16.5. The Morgan fingerprint density at radius 1 is 1.25 bits per heavy atom. The van der Waals surface area contributed by atoms with Crippen molar-refractivity contribution in [2.45, 2.75) is 20.4 Å². The van der Waals surface area contributed by atoms with Crippen molar-refractivity contribution in [1.82, 2.24) is 24.2 Å². The highest BCUT2D eigenvalue weighted by Crippen LogP contribution is 2.27. The van der Waals surface area contributed by atoms with Crippen molar-refractivity contribution in [3.05, 3.63) is 46.1 Å². The van der Waals surface area contributed by atoms with E-state index in [-0.39, 0.29) is 12.5 Å². The first-order valence-corrected chi connectivity index (χ1v) is 10.2. The molecule has 3 aromatic heterocycles. The van der Waals surface area contributed by atoms with Gasteiger partial charge in [-0.05, 0) is 57.8 Å². The number of oxazole rings is 1. The lowest BCUT2D eigenvalue weighted by Crippen LogP contribution is -2.23. The molecule has 1 amide bonds. The van der Waals surface area contributed by atoms with Crippen LogP contribution < -0.4 is 15.8 Å². The van der Waals surface area contributed by atoms with Gasteiger partial charge in [0.2, 0.25) is 5.88 Å². The third kappa shape index (κ3) is 4.22. The lowest BCUT2D eigenvalue weighted by Gasteiger charge is -2.10. The monoisotopic (exact) mass is 438 g/mol. The number of carbonyl (C=O) groups is 1. The van der Waals surface area contributed by atoms with Crippen LogP contribution in [-0.2, 0) is 18.4 Å². The molecule has 0 radical (unpaired) electrons. The van der Waals surface area contributed by atoms with Gasteiger partial charge in [-0.3, -0.25) is 9.36 Å². The number of carbonyl (C=O) groups excluding carboxylic acids is 1. The number of nitrogens with zero attached hydrogens (tertiary/aromatic N) is 5. The predicted octanol–water partition coefficient (Wildman–Crippen LogP) is 2.07. The maximum absolute atomic E-state index is 12.5. The molecular weight excluding hydrogens is 412 g/mol. The van der Waals surface area contributed by atoms with E-state index in [4.69, 9.17) is 9.15 Å². The van der Waals surface area contributed by atoms with Crippen molar-refractivity contribution in [1.29, 1.82) is 0 Å². The molecule has 10 heteroatoms. The van der Waals surface area contributed by atoms with E-state index >= 15 is 0 Å². The summed E-state index contributed by atoms with van der Waals surface area (Å²) in [5.41, 5.74) is 4.23. The zero-order valence-corrected chi connectivity index (χ0v) is 18.8. The first-order valence-electron chi connectivity index (χ1n) is 10.2. The standard InChI is InChI=1S/C22H26N6O4/c1-13-10-14(2)23-20-19(13)21(25-27(20)5)31-12-18(29)24-15-6-7-17-16(11-15)28(22(30)32-17)9-8-26(3)4/h6-7,10-11H,8-9,12H2,1-5H3,(H,24,29). The van der Waals surface area contributed by atoms with Crippen LogP contribution in [-0.4, -0.2) is 57.4 Å². The molecule has 0 unspecified atom stereocenters. The summed E-state index contributed by atoms with van der Waals surface area (Å²) in [4.78, 5) is 31.2. The van der Waals surface area contributed by atoms with Crippen molar-refractivity contribution in [2.24, 2.45) is 7.05 Å². The fourth-order valence-electron chi connectivity index (χ4n) is 3.63. The van der Waals surface area contributed by atoms with Gasteiger partial charge in [0.15, 0.2) is 17.8 Å². The van der Waals surface area contributed by atoms with Crippen molar-refractivity contribution in [3.63, 3.8) is 0 Å². The molecule has 1 N–H and O–H groups in total. The zero-order valence-electron chi connectivity index (χ0n) is 18.8. The lowest BCUT2D eigenvalue weighted by atomic mass is 10.2. The van der Waals surface area contributed by atoms with E-state index in [0.717, 1.165) is 16.6 Å². The molecule has 0 aliphatic heterocycles. The molecule has 0 saturated heterocycles. The van der Waals surface area contributed by atoms with Crippen LogP contribution in [0.1, 0.15) is 11.3 Å². The number of fused-ring (bicyclic) bond motifs is 2. The molecule has 0 aliphatic carbocycles. The van der Waals surface area contributed by atoms with Gasteiger partial charge in [-0.2, -0.15) is 0 Å². The number of pyridine rings is 1. The minimum absolute atomic E-state index is 0.212. The second-order valence-corrected chi connectivity index (χ2v) is 8.05. The second-order valence-electron chi connectivity index (χ2n) is 8.05. The number of rotatable bonds is 7. The number of hydrogen-bond acceptors (Lipinski definition) is 7. The topological polar surface area (TPSA) is 107 Å². The minimum Gasteiger partial charge on any atom is -0.466 e. The van der Waals surface area contributed by atoms with Crippen molar-refractivity contribution in [2.75, 3.05) is 32.6 Å². The molecule has 0 bridgehead atoms. The van der Waals surface area contributed by atoms with Crippen LogP contribution in [0, 0.1) is 13.8 Å². The quantitative estimate of drug-likeness (QED) is 0.471. The number of nitrogens with one attached hydrogen (secondary N) is 1. The highest BCUT2D eigenvalue weighted by Gasteiger charge is 2.16. The van der Waals surface area contributed by atoms with E-state index in [1.54, 1.807) is 34.5 Å². The lowest BCUT2D eigenvalue weighted by molar-refractivity contribution is -0.118. The van der Waals surface area contributed by atoms with Crippen LogP contribution in [0.15, 0.2) is 33.5 Å². The summed E-state index contributed by atoms with van der Waals surface area (Å²) in [6.07, 6.45) is 0. The maximum Gasteiger partial charge on any atom is 0.419 e. The minimum atomic E-state index is -0.421. The second kappa shape index (κ2) is 8.46. The smallest absolute Gasteiger partial charge is 0.419 e. The van der Waals surface area contributed by atoms with E-state index < -0.39 is 5.76 Å². The summed E-state index contributed by atoms with van der Waals surface area (Å²) in [5, 5.41) is 7.95. The van der Waals surface area contributed by atoms with Gasteiger partial charge in [-0.25, -0.2) is 14.5 Å². The number of aromatic nitrogens is 4. The number of hydrogen-bond donors (Lipinski definition) is 1. The van der Waals surface area contributed by atoms with E-state index in [9.17, 15) is 9.59 Å². The third-order valence-corrected chi connectivity index (χ3v) is 5.15. The highest BCUT2D eigenvalue weighted by molar-refractivity contribution is 5.94. The Labute approximate surface area is 184 Å². The van der Waals surface area contributed by atoms with Crippen molar-refractivity contribution in [3.8, 4) is 5.88 Å². The molecule has 0 atom stereocenters. The molecule has 10 nitrogen and oxygen atoms in total. The maximum atomic E-state index is 12.5. The molecule has 0 saturated carbocycles. The van der Waals surface area contributed by atoms with E-state index in [0.29, 0.717) is 41.4 Å². The Morgan fingerprint density at radius 2 is 2.03 bits per heavy atom. The summed E-state index contributed by atoms with van der Waals surface area (Å²) in [6.45, 7) is 4.84. The molecular formula is C22H26N6O4. The predicted molar refractivity (Wildman–Crippen MR) is 121 cm³/mol. The van der Waals surface area contributed by atoms with Gasteiger partial charge >= 0.3 is 5.76 Å². The molecule has 4 aromatic rings. The average Bonchev–Trinajstić information content (AvgIpc) is 3.20. The summed E-state index contributed by atoms with van der Waals surface area (Å²) in [6, 6.07) is 7.03. The van der Waals surface area contributed by atoms with Crippen LogP contribution in [0.25, 0.3) is 22.1 Å². The summed E-state index contributed by atoms with van der Waals surface area (Å²) < 4.78 is 14.2. The first kappa shape index (κ1) is 21.6. The van der Waals surface area contributed by atoms with Crippen molar-refractivity contribution >= 4 is 33.7 Å². The fraction of sp³-hybridized carbons (Fsp3) is 0.364. The number of ether oxygens (including phenoxy) is 1. The third-order valence-electron chi connectivity index (χ3n) is 5.15. The largest absolute Gasteiger partial charge is 0.466 e. The summed E-state index contributed by atoms with van der Waals surface area (Å²) in [5.74, 6) is -0.396. The van der Waals surface area contributed by atoms with Gasteiger partial charge in [0, 0.05) is 31.5 Å². The molecule has 32 heavy (non-hydrogen) atoms. The Balaban J connectivity index is 1.49. The van der Waals surface area contributed by atoms with E-state index in [2.05, 4.69) is 15.4 Å². The van der Waals surface area contributed by atoms with Crippen LogP contribution >= 0.6 is 0 Å². The molecule has 0 aliphatic rings. The zero-order chi connectivity index (χ0) is 23.0. The Kier molecular flexibility index (Phi) is 5.70. The molecule has 3 heterocycles. The molecule has 0 fully saturated rings. The summed E-state index contributed by atoms with van der Waals surface area (Å²) >= 11 is 0. The SMILES string of the molecule is Cc1cc(C)c2c(OCC(=O)Nc3ccc4oc(=O)n(CCN(C)C)c4c3)nn(C)c2n1. The Hall–Kier alpha value is -3.66. The Bertz CT molecular complexity index is 1360. The van der Waals surface area contributed by atoms with E-state index in [1.165, 1.54) is 0 Å². The van der Waals surface area contributed by atoms with Crippen LogP contribution in [0.2, 0.25) is 0 Å². The van der Waals surface area contributed by atoms with Gasteiger partial charge in [0.05, 0.1) is 10.9 Å². The van der Waals surface area contributed by atoms with Gasteiger partial charge in [-0.1, -0.05) is 0 Å². The van der Waals surface area contributed by atoms with Crippen molar-refractivity contribution < 1.29 is 13.9 Å². The Morgan fingerprint density at radius 3 is 2.78 bits per heavy atom. The fourth-order valence-corrected chi connectivity index (χ4v) is 3.63. The van der Waals surface area contributed by atoms with Crippen LogP contribution in [0.5, 0.6) is 5.88 Å². The summed E-state index contributed by atoms with van der Waals surface area (Å²) in [7, 11) is 5.65. The van der Waals surface area contributed by atoms with E-state index in [1.807, 2.05) is 38.9 Å². The molecule has 0 spiro atoms. The normalized spacial score (nSPS) is 11.6. The molecule has 4 rings (SSSR count). The van der Waals surface area contributed by atoms with Crippen LogP contribution in [0.4, 0.5) is 5.69 Å².